The van der Waals surface area contributed by atoms with E-state index in [4.69, 9.17) is 14.2 Å². The number of nitrogens with one attached hydrogen (secondary N) is 1. The van der Waals surface area contributed by atoms with Gasteiger partial charge in [-0.25, -0.2) is 0 Å². The van der Waals surface area contributed by atoms with Gasteiger partial charge in [-0.3, -0.25) is 9.59 Å². The van der Waals surface area contributed by atoms with E-state index in [9.17, 15) is 24.9 Å². The number of methoxy groups -OCH3 is 2. The summed E-state index contributed by atoms with van der Waals surface area (Å²) in [6, 6.07) is 12.0. The van der Waals surface area contributed by atoms with Crippen LogP contribution in [0.2, 0.25) is 0 Å². The van der Waals surface area contributed by atoms with E-state index in [0.717, 1.165) is 5.56 Å². The van der Waals surface area contributed by atoms with Crippen LogP contribution in [0.5, 0.6) is 11.5 Å². The molecule has 11 heteroatoms. The summed E-state index contributed by atoms with van der Waals surface area (Å²) in [6.07, 6.45) is -0.463. The molecule has 1 aliphatic rings. The van der Waals surface area contributed by atoms with Gasteiger partial charge in [0.05, 0.1) is 43.0 Å². The average molecular weight is 654 g/mol. The molecule has 3 atom stereocenters. The monoisotopic (exact) mass is 654 g/mol. The summed E-state index contributed by atoms with van der Waals surface area (Å²) in [5, 5.41) is 33.0. The summed E-state index contributed by atoms with van der Waals surface area (Å²) in [6.45, 7) is 0.0689. The Bertz CT molecular complexity index is 1140. The Morgan fingerprint density at radius 2 is 1.87 bits per heavy atom. The number of hydrogen-bond acceptors (Lipinski definition) is 8. The lowest BCUT2D eigenvalue weighted by Gasteiger charge is -2.40. The van der Waals surface area contributed by atoms with Crippen molar-refractivity contribution in [3.8, 4) is 11.5 Å². The molecule has 0 fully saturated rings. The van der Waals surface area contributed by atoms with Gasteiger partial charge in [0.25, 0.3) is 0 Å². The third kappa shape index (κ3) is 8.15. The predicted octanol–water partition coefficient (Wildman–Crippen LogP) is 1.77. The summed E-state index contributed by atoms with van der Waals surface area (Å²) in [5.41, 5.74) is 1.81. The summed E-state index contributed by atoms with van der Waals surface area (Å²) in [7, 11) is 2.98. The Hall–Kier alpha value is -2.71. The maximum absolute atomic E-state index is 13.4. The molecule has 0 aliphatic heterocycles. The first-order chi connectivity index (χ1) is 18.8. The average Bonchev–Trinajstić information content (AvgIpc) is 2.95. The molecule has 0 bridgehead atoms. The van der Waals surface area contributed by atoms with E-state index in [0.29, 0.717) is 26.2 Å². The molecule has 3 rings (SSSR count). The van der Waals surface area contributed by atoms with E-state index in [-0.39, 0.29) is 51.7 Å². The topological polar surface area (TPSA) is 138 Å². The van der Waals surface area contributed by atoms with Gasteiger partial charge in [-0.15, -0.1) is 0 Å². The molecule has 39 heavy (non-hydrogen) atoms. The van der Waals surface area contributed by atoms with Crippen LogP contribution in [-0.4, -0.2) is 84.3 Å². The zero-order chi connectivity index (χ0) is 28.4. The number of nitrogens with zero attached hydrogens (tertiary/aromatic N) is 1. The van der Waals surface area contributed by atoms with Crippen LogP contribution in [0, 0.1) is 3.57 Å². The molecule has 4 N–H and O–H groups in total. The number of amides is 2. The molecule has 2 aromatic carbocycles. The van der Waals surface area contributed by atoms with Crippen LogP contribution in [0.15, 0.2) is 54.1 Å². The zero-order valence-electron chi connectivity index (χ0n) is 22.0. The van der Waals surface area contributed by atoms with Crippen molar-refractivity contribution in [1.82, 2.24) is 10.2 Å². The predicted molar refractivity (Wildman–Crippen MR) is 152 cm³/mol. The molecule has 0 radical (unpaired) electrons. The maximum Gasteiger partial charge on any atom is 0.247 e. The minimum Gasteiger partial charge on any atom is -0.493 e. The molecule has 0 saturated carbocycles. The first-order valence-corrected chi connectivity index (χ1v) is 13.6. The molecule has 1 aliphatic carbocycles. The number of carbonyl (C=O) groups excluding carboxylic acids is 2. The third-order valence-corrected chi connectivity index (χ3v) is 7.18. The summed E-state index contributed by atoms with van der Waals surface area (Å²) in [5.74, 6) is 0.0415. The Balaban J connectivity index is 2.02. The smallest absolute Gasteiger partial charge is 0.247 e. The second-order valence-electron chi connectivity index (χ2n) is 9.03. The van der Waals surface area contributed by atoms with E-state index >= 15 is 0 Å². The highest BCUT2D eigenvalue weighted by atomic mass is 127. The summed E-state index contributed by atoms with van der Waals surface area (Å²) < 4.78 is 17.5. The van der Waals surface area contributed by atoms with Crippen LogP contribution < -0.4 is 14.8 Å². The molecular formula is C28H35IN2O8. The highest BCUT2D eigenvalue weighted by Gasteiger charge is 2.41. The van der Waals surface area contributed by atoms with Gasteiger partial charge in [0.1, 0.15) is 12.2 Å². The van der Waals surface area contributed by atoms with Gasteiger partial charge < -0.3 is 39.7 Å². The van der Waals surface area contributed by atoms with Crippen molar-refractivity contribution >= 4 is 34.4 Å². The van der Waals surface area contributed by atoms with Crippen LogP contribution in [0.3, 0.4) is 0 Å². The molecule has 2 amide bonds. The number of benzene rings is 2. The lowest BCUT2D eigenvalue weighted by Crippen LogP contribution is -2.55. The van der Waals surface area contributed by atoms with Crippen molar-refractivity contribution in [2.45, 2.75) is 44.2 Å². The Morgan fingerprint density at radius 3 is 2.51 bits per heavy atom. The Labute approximate surface area is 241 Å². The van der Waals surface area contributed by atoms with Gasteiger partial charge in [0.2, 0.25) is 11.8 Å². The lowest BCUT2D eigenvalue weighted by atomic mass is 9.87. The van der Waals surface area contributed by atoms with Gasteiger partial charge in [-0.05, 0) is 51.9 Å². The summed E-state index contributed by atoms with van der Waals surface area (Å²) in [4.78, 5) is 28.0. The van der Waals surface area contributed by atoms with Crippen molar-refractivity contribution in [2.75, 3.05) is 34.0 Å². The second-order valence-corrected chi connectivity index (χ2v) is 10.2. The van der Waals surface area contributed by atoms with Crippen molar-refractivity contribution in [3.05, 3.63) is 68.8 Å². The Morgan fingerprint density at radius 1 is 1.13 bits per heavy atom. The highest BCUT2D eigenvalue weighted by molar-refractivity contribution is 14.1. The van der Waals surface area contributed by atoms with Crippen molar-refractivity contribution in [3.63, 3.8) is 0 Å². The van der Waals surface area contributed by atoms with Crippen LogP contribution in [-0.2, 0) is 27.5 Å². The van der Waals surface area contributed by atoms with Crippen molar-refractivity contribution in [2.24, 2.45) is 0 Å². The van der Waals surface area contributed by atoms with Crippen molar-refractivity contribution < 1.29 is 39.1 Å². The first-order valence-electron chi connectivity index (χ1n) is 12.6. The number of rotatable bonds is 13. The minimum atomic E-state index is -1.19. The van der Waals surface area contributed by atoms with E-state index in [1.807, 2.05) is 30.3 Å². The van der Waals surface area contributed by atoms with Gasteiger partial charge in [-0.1, -0.05) is 30.3 Å². The van der Waals surface area contributed by atoms with Crippen molar-refractivity contribution in [1.29, 1.82) is 0 Å². The number of aliphatic hydroxyl groups excluding tert-OH is 3. The van der Waals surface area contributed by atoms with E-state index in [2.05, 4.69) is 27.9 Å². The number of halogens is 1. The Kier molecular flexibility index (Phi) is 12.0. The van der Waals surface area contributed by atoms with Gasteiger partial charge in [-0.2, -0.15) is 0 Å². The van der Waals surface area contributed by atoms with E-state index in [1.165, 1.54) is 14.2 Å². The zero-order valence-corrected chi connectivity index (χ0v) is 24.2. The molecule has 10 nitrogen and oxygen atoms in total. The number of hydrogen-bond donors (Lipinski definition) is 4. The number of carbonyl (C=O) groups is 2. The van der Waals surface area contributed by atoms with E-state index < -0.39 is 24.2 Å². The normalized spacial score (nSPS) is 18.7. The van der Waals surface area contributed by atoms with Crippen LogP contribution >= 0.6 is 22.6 Å². The second kappa shape index (κ2) is 15.2. The highest BCUT2D eigenvalue weighted by Crippen LogP contribution is 2.37. The largest absolute Gasteiger partial charge is 0.493 e. The van der Waals surface area contributed by atoms with Gasteiger partial charge in [0, 0.05) is 32.2 Å². The maximum atomic E-state index is 13.4. The fourth-order valence-corrected chi connectivity index (χ4v) is 5.19. The molecule has 0 aromatic heterocycles. The fraction of sp³-hybridized carbons (Fsp3) is 0.429. The lowest BCUT2D eigenvalue weighted by molar-refractivity contribution is -0.140. The SMILES string of the molecule is COCCC(=O)N(Cc1ccccc1)C1CC(C(=O)NCCO)=CC(Oc2c(I)cc(CO)cc2OC)C1O. The molecule has 0 heterocycles. The van der Waals surface area contributed by atoms with Crippen LogP contribution in [0.1, 0.15) is 24.0 Å². The summed E-state index contributed by atoms with van der Waals surface area (Å²) >= 11 is 2.05. The molecular weight excluding hydrogens is 619 g/mol. The number of aliphatic hydroxyl groups is 3. The number of ether oxygens (including phenoxy) is 3. The van der Waals surface area contributed by atoms with Gasteiger partial charge >= 0.3 is 0 Å². The van der Waals surface area contributed by atoms with Crippen LogP contribution in [0.4, 0.5) is 0 Å². The molecule has 212 valence electrons. The molecule has 0 spiro atoms. The molecule has 3 unspecified atom stereocenters. The fourth-order valence-electron chi connectivity index (χ4n) is 4.40. The standard InChI is InChI=1S/C28H35IN2O8/c1-37-11-8-25(34)31(16-18-6-4-3-5-7-18)22-14-20(28(36)30-9-10-32)15-23(26(22)35)39-27-21(29)12-19(17-33)13-24(27)38-2/h3-7,12-13,15,22-23,26,32-33,35H,8-11,14,16-17H2,1-2H3,(H,30,36). The minimum absolute atomic E-state index is 0.0593. The first kappa shape index (κ1) is 30.8. The van der Waals surface area contributed by atoms with E-state index in [1.54, 1.807) is 23.1 Å². The quantitative estimate of drug-likeness (QED) is 0.240. The van der Waals surface area contributed by atoms with Crippen LogP contribution in [0.25, 0.3) is 0 Å². The molecule has 2 aromatic rings. The van der Waals surface area contributed by atoms with Gasteiger partial charge in [0.15, 0.2) is 11.5 Å². The molecule has 0 saturated heterocycles. The third-order valence-electron chi connectivity index (χ3n) is 6.38.